The second kappa shape index (κ2) is 11.1. The third-order valence-electron chi connectivity index (χ3n) is 5.62. The molecule has 2 aliphatic rings. The van der Waals surface area contributed by atoms with Gasteiger partial charge >= 0.3 is 5.97 Å². The fourth-order valence-corrected chi connectivity index (χ4v) is 6.82. The Hall–Kier alpha value is -2.83. The van der Waals surface area contributed by atoms with Crippen molar-refractivity contribution in [2.75, 3.05) is 45.8 Å². The zero-order valence-corrected chi connectivity index (χ0v) is 22.0. The summed E-state index contributed by atoms with van der Waals surface area (Å²) in [5.74, 6) is -1.55. The average molecular weight is 557 g/mol. The lowest BCUT2D eigenvalue weighted by Gasteiger charge is -2.53. The second-order valence-electron chi connectivity index (χ2n) is 8.39. The Labute approximate surface area is 218 Å². The molecule has 0 bridgehead atoms. The summed E-state index contributed by atoms with van der Waals surface area (Å²) in [6.45, 7) is 1.31. The monoisotopic (exact) mass is 556 g/mol. The SMILES string of the molecule is CON=C(C(=O)NC1C(=O)N2CC(CSc3nnnn3CCN(C)C)(C(=O)O)CS[C@H]12)c1csnn1. The van der Waals surface area contributed by atoms with E-state index in [1.807, 2.05) is 19.0 Å². The van der Waals surface area contributed by atoms with E-state index in [2.05, 4.69) is 35.6 Å². The van der Waals surface area contributed by atoms with Crippen molar-refractivity contribution in [3.63, 3.8) is 0 Å². The van der Waals surface area contributed by atoms with Crippen LogP contribution in [0.5, 0.6) is 0 Å². The normalized spacial score (nSPS) is 23.8. The van der Waals surface area contributed by atoms with Gasteiger partial charge in [-0.05, 0) is 36.1 Å². The molecule has 4 rings (SSSR count). The molecule has 0 aliphatic carbocycles. The largest absolute Gasteiger partial charge is 0.481 e. The van der Waals surface area contributed by atoms with E-state index in [4.69, 9.17) is 4.84 Å². The molecule has 194 valence electrons. The predicted molar refractivity (Wildman–Crippen MR) is 131 cm³/mol. The van der Waals surface area contributed by atoms with Gasteiger partial charge in [0.1, 0.15) is 29.6 Å². The highest BCUT2D eigenvalue weighted by Crippen LogP contribution is 2.44. The number of nitrogens with zero attached hydrogens (tertiary/aromatic N) is 9. The van der Waals surface area contributed by atoms with Gasteiger partial charge in [-0.2, -0.15) is 0 Å². The van der Waals surface area contributed by atoms with E-state index in [0.29, 0.717) is 11.7 Å². The molecule has 2 aliphatic heterocycles. The molecule has 3 atom stereocenters. The minimum atomic E-state index is -1.19. The van der Waals surface area contributed by atoms with Gasteiger partial charge < -0.3 is 25.1 Å². The number of aromatic nitrogens is 6. The topological polar surface area (TPSA) is 181 Å². The van der Waals surface area contributed by atoms with Crippen LogP contribution in [0.1, 0.15) is 5.69 Å². The van der Waals surface area contributed by atoms with Crippen LogP contribution in [0.15, 0.2) is 15.7 Å². The lowest BCUT2D eigenvalue weighted by atomic mass is 9.89. The third-order valence-corrected chi connectivity index (χ3v) is 8.96. The van der Waals surface area contributed by atoms with Crippen molar-refractivity contribution in [1.82, 2.24) is 44.9 Å². The van der Waals surface area contributed by atoms with Gasteiger partial charge in [0.25, 0.3) is 5.91 Å². The number of amides is 2. The highest BCUT2D eigenvalue weighted by Gasteiger charge is 2.57. The number of nitrogens with one attached hydrogen (secondary N) is 1. The Balaban J connectivity index is 1.40. The number of carbonyl (C=O) groups is 3. The third kappa shape index (κ3) is 5.30. The molecule has 2 fully saturated rings. The number of carbonyl (C=O) groups excluding carboxylic acids is 2. The summed E-state index contributed by atoms with van der Waals surface area (Å²) in [6, 6.07) is -0.811. The molecule has 0 radical (unpaired) electrons. The molecule has 2 aromatic rings. The summed E-state index contributed by atoms with van der Waals surface area (Å²) < 4.78 is 5.35. The van der Waals surface area contributed by atoms with Crippen molar-refractivity contribution in [3.05, 3.63) is 11.1 Å². The van der Waals surface area contributed by atoms with Gasteiger partial charge in [0.05, 0.1) is 6.54 Å². The van der Waals surface area contributed by atoms with Gasteiger partial charge in [-0.1, -0.05) is 21.4 Å². The van der Waals surface area contributed by atoms with Gasteiger partial charge in [0, 0.05) is 30.0 Å². The Morgan fingerprint density at radius 3 is 2.89 bits per heavy atom. The molecular weight excluding hydrogens is 532 g/mol. The minimum absolute atomic E-state index is 0.0203. The molecule has 2 amide bonds. The van der Waals surface area contributed by atoms with Crippen LogP contribution in [0.2, 0.25) is 0 Å². The van der Waals surface area contributed by atoms with Crippen molar-refractivity contribution < 1.29 is 24.3 Å². The number of carboxylic acid groups (broad SMARTS) is 1. The van der Waals surface area contributed by atoms with Crippen LogP contribution in [0.4, 0.5) is 0 Å². The van der Waals surface area contributed by atoms with Crippen LogP contribution >= 0.6 is 35.1 Å². The van der Waals surface area contributed by atoms with E-state index < -0.39 is 23.3 Å². The number of fused-ring (bicyclic) bond motifs is 1. The van der Waals surface area contributed by atoms with Crippen LogP contribution < -0.4 is 5.32 Å². The first-order chi connectivity index (χ1) is 17.3. The Bertz CT molecular complexity index is 1140. The van der Waals surface area contributed by atoms with Crippen molar-refractivity contribution in [2.24, 2.45) is 10.6 Å². The van der Waals surface area contributed by atoms with Crippen molar-refractivity contribution in [1.29, 1.82) is 0 Å². The summed E-state index contributed by atoms with van der Waals surface area (Å²) in [5.41, 5.74) is -1.06. The lowest BCUT2D eigenvalue weighted by molar-refractivity contribution is -0.157. The number of hydrogen-bond acceptors (Lipinski definition) is 14. The van der Waals surface area contributed by atoms with Gasteiger partial charge in [0.2, 0.25) is 11.1 Å². The molecule has 2 unspecified atom stereocenters. The molecule has 36 heavy (non-hydrogen) atoms. The van der Waals surface area contributed by atoms with E-state index in [0.717, 1.165) is 18.1 Å². The number of hydrogen-bond donors (Lipinski definition) is 2. The first-order valence-corrected chi connectivity index (χ1v) is 13.5. The van der Waals surface area contributed by atoms with E-state index in [-0.39, 0.29) is 40.7 Å². The molecule has 0 saturated carbocycles. The number of carboxylic acids is 1. The predicted octanol–water partition coefficient (Wildman–Crippen LogP) is -1.30. The van der Waals surface area contributed by atoms with E-state index in [9.17, 15) is 19.5 Å². The van der Waals surface area contributed by atoms with E-state index in [1.54, 1.807) is 4.68 Å². The molecule has 4 heterocycles. The first-order valence-electron chi connectivity index (χ1n) is 10.6. The van der Waals surface area contributed by atoms with Crippen molar-refractivity contribution in [2.45, 2.75) is 23.1 Å². The number of oxime groups is 1. The maximum absolute atomic E-state index is 12.9. The molecule has 0 spiro atoms. The van der Waals surface area contributed by atoms with Gasteiger partial charge in [-0.25, -0.2) is 4.68 Å². The van der Waals surface area contributed by atoms with Crippen molar-refractivity contribution >= 4 is 58.6 Å². The second-order valence-corrected chi connectivity index (χ2v) is 11.1. The number of β-lactam (4-membered cyclic amide) rings is 1. The van der Waals surface area contributed by atoms with E-state index in [1.165, 1.54) is 40.9 Å². The highest BCUT2D eigenvalue weighted by molar-refractivity contribution is 8.00. The maximum atomic E-state index is 12.9. The zero-order chi connectivity index (χ0) is 25.9. The fourth-order valence-electron chi connectivity index (χ4n) is 3.62. The number of aliphatic carboxylic acids is 1. The molecule has 2 aromatic heterocycles. The molecule has 0 aromatic carbocycles. The number of rotatable bonds is 11. The Morgan fingerprint density at radius 2 is 2.22 bits per heavy atom. The summed E-state index contributed by atoms with van der Waals surface area (Å²) in [4.78, 5) is 46.2. The summed E-state index contributed by atoms with van der Waals surface area (Å²) in [7, 11) is 5.17. The lowest BCUT2D eigenvalue weighted by Crippen LogP contribution is -2.74. The van der Waals surface area contributed by atoms with Gasteiger partial charge in [-0.3, -0.25) is 14.4 Å². The first kappa shape index (κ1) is 26.2. The number of likely N-dealkylation sites (N-methyl/N-ethyl adjacent to an activating group) is 1. The average Bonchev–Trinajstić information content (AvgIpc) is 3.55. The van der Waals surface area contributed by atoms with Crippen LogP contribution in [0.3, 0.4) is 0 Å². The maximum Gasteiger partial charge on any atom is 0.313 e. The Morgan fingerprint density at radius 1 is 1.42 bits per heavy atom. The molecule has 2 saturated heterocycles. The van der Waals surface area contributed by atoms with Crippen LogP contribution in [-0.2, 0) is 25.8 Å². The van der Waals surface area contributed by atoms with Crippen LogP contribution in [0.25, 0.3) is 0 Å². The highest BCUT2D eigenvalue weighted by atomic mass is 32.2. The molecule has 2 N–H and O–H groups in total. The van der Waals surface area contributed by atoms with Crippen LogP contribution in [0, 0.1) is 5.41 Å². The van der Waals surface area contributed by atoms with E-state index >= 15 is 0 Å². The summed E-state index contributed by atoms with van der Waals surface area (Å²) >= 11 is 3.62. The van der Waals surface area contributed by atoms with Gasteiger partial charge in [-0.15, -0.1) is 22.0 Å². The smallest absolute Gasteiger partial charge is 0.313 e. The minimum Gasteiger partial charge on any atom is -0.481 e. The number of tetrazole rings is 1. The quantitative estimate of drug-likeness (QED) is 0.144. The van der Waals surface area contributed by atoms with Crippen LogP contribution in [-0.4, -0.2) is 125 Å². The summed E-state index contributed by atoms with van der Waals surface area (Å²) in [5, 5.41) is 33.7. The number of thioether (sulfide) groups is 2. The zero-order valence-electron chi connectivity index (χ0n) is 19.6. The summed E-state index contributed by atoms with van der Waals surface area (Å²) in [6.07, 6.45) is 0. The fraction of sp³-hybridized carbons (Fsp3) is 0.611. The molecule has 15 nitrogen and oxygen atoms in total. The molecular formula is C18H24N10O5S3. The standard InChI is InChI=1S/C18H24N10O5S3/c1-26(2)4-5-28-17(21-23-24-28)35-9-18(16(31)32)7-27-14(30)12(15(27)34-8-18)19-13(29)11(22-33-3)10-6-36-25-20-10/h6,12,15H,4-5,7-9H2,1-3H3,(H,19,29)(H,31,32)/t12?,15-,18?/m1/s1. The van der Waals surface area contributed by atoms with Crippen molar-refractivity contribution in [3.8, 4) is 0 Å². The molecule has 18 heteroatoms. The van der Waals surface area contributed by atoms with Gasteiger partial charge in [0.15, 0.2) is 5.71 Å². The Kier molecular flexibility index (Phi) is 8.06.